The highest BCUT2D eigenvalue weighted by Gasteiger charge is 2.65. The molecule has 1 aromatic rings. The molecule has 1 fully saturated rings. The van der Waals surface area contributed by atoms with Gasteiger partial charge in [0.25, 0.3) is 0 Å². The molecule has 4 heteroatoms. The van der Waals surface area contributed by atoms with Crippen molar-refractivity contribution in [3.05, 3.63) is 24.2 Å². The summed E-state index contributed by atoms with van der Waals surface area (Å²) >= 11 is 0. The molecule has 0 aromatic carbocycles. The Labute approximate surface area is 109 Å². The van der Waals surface area contributed by atoms with Gasteiger partial charge in [0.2, 0.25) is 0 Å². The van der Waals surface area contributed by atoms with Crippen molar-refractivity contribution >= 4 is 5.96 Å². The van der Waals surface area contributed by atoms with Crippen LogP contribution < -0.4 is 10.6 Å². The summed E-state index contributed by atoms with van der Waals surface area (Å²) in [7, 11) is 1.79. The van der Waals surface area contributed by atoms with Crippen LogP contribution in [0.1, 0.15) is 33.5 Å². The lowest BCUT2D eigenvalue weighted by Crippen LogP contribution is -2.40. The first kappa shape index (κ1) is 13.0. The first-order valence-corrected chi connectivity index (χ1v) is 6.39. The molecule has 1 heterocycles. The molecular weight excluding hydrogens is 226 g/mol. The third-order valence-corrected chi connectivity index (χ3v) is 4.54. The fourth-order valence-electron chi connectivity index (χ4n) is 2.47. The Balaban J connectivity index is 1.88. The summed E-state index contributed by atoms with van der Waals surface area (Å²) in [5.41, 5.74) is 0.602. The van der Waals surface area contributed by atoms with E-state index >= 15 is 0 Å². The fraction of sp³-hybridized carbons (Fsp3) is 0.643. The van der Waals surface area contributed by atoms with E-state index < -0.39 is 0 Å². The van der Waals surface area contributed by atoms with Crippen molar-refractivity contribution in [2.75, 3.05) is 7.05 Å². The molecule has 0 amide bonds. The summed E-state index contributed by atoms with van der Waals surface area (Å²) in [6.07, 6.45) is 1.68. The number of hydrogen-bond acceptors (Lipinski definition) is 2. The predicted octanol–water partition coefficient (Wildman–Crippen LogP) is 2.38. The maximum Gasteiger partial charge on any atom is 0.191 e. The summed E-state index contributed by atoms with van der Waals surface area (Å²) in [6.45, 7) is 9.78. The van der Waals surface area contributed by atoms with Crippen molar-refractivity contribution < 1.29 is 4.42 Å². The number of nitrogens with one attached hydrogen (secondary N) is 2. The summed E-state index contributed by atoms with van der Waals surface area (Å²) < 4.78 is 5.29. The minimum atomic E-state index is 0.301. The maximum atomic E-state index is 5.29. The van der Waals surface area contributed by atoms with Crippen LogP contribution in [0.2, 0.25) is 0 Å². The minimum Gasteiger partial charge on any atom is -0.467 e. The second-order valence-electron chi connectivity index (χ2n) is 6.03. The SMILES string of the molecule is CN=C(NCc1ccco1)NC1C(C)(C)C1(C)C. The topological polar surface area (TPSA) is 49.6 Å². The summed E-state index contributed by atoms with van der Waals surface area (Å²) in [6, 6.07) is 4.29. The predicted molar refractivity (Wildman–Crippen MR) is 73.4 cm³/mol. The largest absolute Gasteiger partial charge is 0.467 e. The molecule has 18 heavy (non-hydrogen) atoms. The lowest BCUT2D eigenvalue weighted by Gasteiger charge is -2.12. The normalized spacial score (nSPS) is 21.7. The number of guanidine groups is 1. The van der Waals surface area contributed by atoms with E-state index in [0.717, 1.165) is 11.7 Å². The van der Waals surface area contributed by atoms with Crippen LogP contribution in [-0.4, -0.2) is 19.0 Å². The molecule has 0 unspecified atom stereocenters. The number of aliphatic imine (C=N–C) groups is 1. The molecule has 0 radical (unpaired) electrons. The Morgan fingerprint density at radius 1 is 1.33 bits per heavy atom. The van der Waals surface area contributed by atoms with E-state index in [-0.39, 0.29) is 0 Å². The van der Waals surface area contributed by atoms with Crippen molar-refractivity contribution in [1.29, 1.82) is 0 Å². The zero-order chi connectivity index (χ0) is 13.4. The third-order valence-electron chi connectivity index (χ3n) is 4.54. The third kappa shape index (κ3) is 2.11. The van der Waals surface area contributed by atoms with E-state index in [2.05, 4.69) is 43.3 Å². The maximum absolute atomic E-state index is 5.29. The summed E-state index contributed by atoms with van der Waals surface area (Å²) in [5, 5.41) is 6.74. The van der Waals surface area contributed by atoms with Gasteiger partial charge in [0.05, 0.1) is 12.8 Å². The Kier molecular flexibility index (Phi) is 3.13. The average Bonchev–Trinajstić information content (AvgIpc) is 2.74. The highest BCUT2D eigenvalue weighted by atomic mass is 16.3. The Morgan fingerprint density at radius 3 is 2.44 bits per heavy atom. The first-order valence-electron chi connectivity index (χ1n) is 6.39. The second kappa shape index (κ2) is 4.34. The lowest BCUT2D eigenvalue weighted by atomic mass is 10.0. The number of nitrogens with zero attached hydrogens (tertiary/aromatic N) is 1. The van der Waals surface area contributed by atoms with Crippen LogP contribution in [0, 0.1) is 10.8 Å². The number of furan rings is 1. The number of hydrogen-bond donors (Lipinski definition) is 2. The smallest absolute Gasteiger partial charge is 0.191 e. The van der Waals surface area contributed by atoms with Crippen molar-refractivity contribution in [2.45, 2.75) is 40.3 Å². The summed E-state index contributed by atoms with van der Waals surface area (Å²) in [5.74, 6) is 1.74. The van der Waals surface area contributed by atoms with Crippen LogP contribution in [0.5, 0.6) is 0 Å². The quantitative estimate of drug-likeness (QED) is 0.639. The molecule has 1 aromatic heterocycles. The van der Waals surface area contributed by atoms with Gasteiger partial charge >= 0.3 is 0 Å². The van der Waals surface area contributed by atoms with Crippen LogP contribution >= 0.6 is 0 Å². The fourth-order valence-corrected chi connectivity index (χ4v) is 2.47. The van der Waals surface area contributed by atoms with Gasteiger partial charge in [0, 0.05) is 13.1 Å². The van der Waals surface area contributed by atoms with Crippen molar-refractivity contribution in [2.24, 2.45) is 15.8 Å². The molecule has 2 rings (SSSR count). The van der Waals surface area contributed by atoms with E-state index in [4.69, 9.17) is 4.42 Å². The lowest BCUT2D eigenvalue weighted by molar-refractivity contribution is 0.457. The van der Waals surface area contributed by atoms with Crippen LogP contribution in [-0.2, 0) is 6.54 Å². The second-order valence-corrected chi connectivity index (χ2v) is 6.03. The van der Waals surface area contributed by atoms with Gasteiger partial charge < -0.3 is 15.1 Å². The van der Waals surface area contributed by atoms with Gasteiger partial charge in [-0.2, -0.15) is 0 Å². The van der Waals surface area contributed by atoms with Crippen molar-refractivity contribution in [3.63, 3.8) is 0 Å². The molecule has 0 saturated heterocycles. The monoisotopic (exact) mass is 249 g/mol. The molecule has 0 aliphatic heterocycles. The standard InChI is InChI=1S/C14H23N3O/c1-13(2)11(14(13,3)4)17-12(15-5)16-9-10-7-6-8-18-10/h6-8,11H,9H2,1-5H3,(H2,15,16,17). The molecular formula is C14H23N3O. The molecule has 0 bridgehead atoms. The van der Waals surface area contributed by atoms with Gasteiger partial charge in [0.1, 0.15) is 5.76 Å². The average molecular weight is 249 g/mol. The van der Waals surface area contributed by atoms with E-state index in [1.54, 1.807) is 13.3 Å². The zero-order valence-corrected chi connectivity index (χ0v) is 11.9. The molecule has 1 aliphatic rings. The van der Waals surface area contributed by atoms with Gasteiger partial charge in [-0.1, -0.05) is 27.7 Å². The van der Waals surface area contributed by atoms with Crippen molar-refractivity contribution in [3.8, 4) is 0 Å². The highest BCUT2D eigenvalue weighted by molar-refractivity contribution is 5.80. The van der Waals surface area contributed by atoms with Gasteiger partial charge in [-0.3, -0.25) is 4.99 Å². The Morgan fingerprint density at radius 2 is 2.00 bits per heavy atom. The summed E-state index contributed by atoms with van der Waals surface area (Å²) in [4.78, 5) is 4.25. The molecule has 100 valence electrons. The minimum absolute atomic E-state index is 0.301. The van der Waals surface area contributed by atoms with Gasteiger partial charge in [-0.15, -0.1) is 0 Å². The van der Waals surface area contributed by atoms with Gasteiger partial charge in [-0.25, -0.2) is 0 Å². The molecule has 1 saturated carbocycles. The van der Waals surface area contributed by atoms with E-state index in [9.17, 15) is 0 Å². The zero-order valence-electron chi connectivity index (χ0n) is 11.9. The molecule has 0 spiro atoms. The van der Waals surface area contributed by atoms with E-state index in [1.165, 1.54) is 0 Å². The first-order chi connectivity index (χ1) is 8.39. The van der Waals surface area contributed by atoms with Gasteiger partial charge in [0.15, 0.2) is 5.96 Å². The molecule has 4 nitrogen and oxygen atoms in total. The Bertz CT molecular complexity index is 418. The molecule has 2 N–H and O–H groups in total. The number of rotatable bonds is 3. The van der Waals surface area contributed by atoms with Crippen LogP contribution in [0.3, 0.4) is 0 Å². The molecule has 0 atom stereocenters. The van der Waals surface area contributed by atoms with E-state index in [1.807, 2.05) is 12.1 Å². The van der Waals surface area contributed by atoms with Crippen LogP contribution in [0.4, 0.5) is 0 Å². The van der Waals surface area contributed by atoms with Crippen molar-refractivity contribution in [1.82, 2.24) is 10.6 Å². The van der Waals surface area contributed by atoms with Crippen LogP contribution in [0.25, 0.3) is 0 Å². The van der Waals surface area contributed by atoms with E-state index in [0.29, 0.717) is 23.4 Å². The Hall–Kier alpha value is -1.45. The molecule has 1 aliphatic carbocycles. The highest BCUT2D eigenvalue weighted by Crippen LogP contribution is 2.62. The van der Waals surface area contributed by atoms with Gasteiger partial charge in [-0.05, 0) is 23.0 Å². The van der Waals surface area contributed by atoms with Crippen LogP contribution in [0.15, 0.2) is 27.8 Å².